The zero-order valence-electron chi connectivity index (χ0n) is 14.7. The minimum atomic E-state index is -1.57. The van der Waals surface area contributed by atoms with Crippen LogP contribution in [0.5, 0.6) is 5.75 Å². The third kappa shape index (κ3) is 2.56. The van der Waals surface area contributed by atoms with Gasteiger partial charge in [-0.05, 0) is 25.3 Å². The van der Waals surface area contributed by atoms with Crippen molar-refractivity contribution in [3.63, 3.8) is 0 Å². The lowest BCUT2D eigenvalue weighted by atomic mass is 9.87. The molecule has 0 aliphatic carbocycles. The van der Waals surface area contributed by atoms with Crippen molar-refractivity contribution < 1.29 is 19.1 Å². The van der Waals surface area contributed by atoms with Gasteiger partial charge in [-0.25, -0.2) is 9.59 Å². The topological polar surface area (TPSA) is 55.8 Å². The lowest BCUT2D eigenvalue weighted by Crippen LogP contribution is -2.63. The number of carbonyl (C=O) groups excluding carboxylic acids is 2. The van der Waals surface area contributed by atoms with Crippen LogP contribution in [0.15, 0.2) is 48.6 Å². The van der Waals surface area contributed by atoms with Gasteiger partial charge in [0.05, 0.1) is 12.3 Å². The summed E-state index contributed by atoms with van der Waals surface area (Å²) in [6.45, 7) is 7.55. The van der Waals surface area contributed by atoms with E-state index in [1.807, 2.05) is 30.3 Å². The molecule has 0 amide bonds. The number of benzene rings is 2. The van der Waals surface area contributed by atoms with E-state index in [2.05, 4.69) is 6.58 Å². The second-order valence-corrected chi connectivity index (χ2v) is 6.30. The van der Waals surface area contributed by atoms with Crippen LogP contribution in [0.1, 0.15) is 20.3 Å². The second kappa shape index (κ2) is 6.24. The predicted octanol–water partition coefficient (Wildman–Crippen LogP) is 3.46. The number of anilines is 1. The molecule has 0 aromatic heterocycles. The maximum Gasteiger partial charge on any atom is 0.349 e. The Balaban J connectivity index is 2.25. The molecule has 3 rings (SSSR count). The highest BCUT2D eigenvalue weighted by atomic mass is 16.6. The first-order valence-electron chi connectivity index (χ1n) is 8.21. The smallest absolute Gasteiger partial charge is 0.349 e. The van der Waals surface area contributed by atoms with Gasteiger partial charge in [0.25, 0.3) is 0 Å². The zero-order valence-corrected chi connectivity index (χ0v) is 14.7. The number of hydrogen-bond donors (Lipinski definition) is 0. The largest absolute Gasteiger partial charge is 0.464 e. The number of carbonyl (C=O) groups is 2. The van der Waals surface area contributed by atoms with Gasteiger partial charge >= 0.3 is 11.9 Å². The molecule has 25 heavy (non-hydrogen) atoms. The van der Waals surface area contributed by atoms with Crippen molar-refractivity contribution in [1.29, 1.82) is 0 Å². The lowest BCUT2D eigenvalue weighted by molar-refractivity contribution is -0.160. The Kier molecular flexibility index (Phi) is 4.25. The third-order valence-electron chi connectivity index (χ3n) is 4.48. The summed E-state index contributed by atoms with van der Waals surface area (Å²) in [6, 6.07) is 11.4. The van der Waals surface area contributed by atoms with Gasteiger partial charge in [0, 0.05) is 18.9 Å². The van der Waals surface area contributed by atoms with Gasteiger partial charge < -0.3 is 14.4 Å². The molecule has 0 bridgehead atoms. The van der Waals surface area contributed by atoms with Gasteiger partial charge in [-0.1, -0.05) is 35.9 Å². The average Bonchev–Trinajstić information content (AvgIpc) is 2.58. The average molecular weight is 339 g/mol. The van der Waals surface area contributed by atoms with Crippen LogP contribution in [0.25, 0.3) is 10.8 Å². The molecule has 0 saturated carbocycles. The summed E-state index contributed by atoms with van der Waals surface area (Å²) in [5.74, 6) is -0.823. The molecule has 0 radical (unpaired) electrons. The number of esters is 2. The molecule has 5 nitrogen and oxygen atoms in total. The zero-order chi connectivity index (χ0) is 18.2. The Morgan fingerprint density at radius 1 is 1.28 bits per heavy atom. The summed E-state index contributed by atoms with van der Waals surface area (Å²) < 4.78 is 10.8. The van der Waals surface area contributed by atoms with E-state index in [1.165, 1.54) is 0 Å². The van der Waals surface area contributed by atoms with Crippen LogP contribution in [-0.4, -0.2) is 31.1 Å². The van der Waals surface area contributed by atoms with Crippen LogP contribution < -0.4 is 9.64 Å². The molecular formula is C20H21NO4. The van der Waals surface area contributed by atoms with Gasteiger partial charge in [0.15, 0.2) is 5.75 Å². The first kappa shape index (κ1) is 17.0. The summed E-state index contributed by atoms with van der Waals surface area (Å²) in [6.07, 6.45) is 0.129. The van der Waals surface area contributed by atoms with Crippen LogP contribution in [-0.2, 0) is 14.3 Å². The predicted molar refractivity (Wildman–Crippen MR) is 96.8 cm³/mol. The van der Waals surface area contributed by atoms with E-state index >= 15 is 0 Å². The molecule has 1 heterocycles. The summed E-state index contributed by atoms with van der Waals surface area (Å²) in [5.41, 5.74) is -0.175. The Labute approximate surface area is 146 Å². The van der Waals surface area contributed by atoms with E-state index in [1.54, 1.807) is 31.9 Å². The number of likely N-dealkylation sites (N-methyl/N-ethyl adjacent to an activating group) is 1. The molecule has 0 saturated heterocycles. The summed E-state index contributed by atoms with van der Waals surface area (Å²) in [7, 11) is 1.73. The molecule has 5 heteroatoms. The van der Waals surface area contributed by atoms with Crippen molar-refractivity contribution in [2.75, 3.05) is 18.6 Å². The van der Waals surface area contributed by atoms with Crippen LogP contribution in [0.3, 0.4) is 0 Å². The summed E-state index contributed by atoms with van der Waals surface area (Å²) >= 11 is 0. The van der Waals surface area contributed by atoms with Crippen LogP contribution in [0.4, 0.5) is 5.69 Å². The normalized spacial score (nSPS) is 19.3. The second-order valence-electron chi connectivity index (χ2n) is 6.30. The highest BCUT2D eigenvalue weighted by molar-refractivity contribution is 6.14. The SMILES string of the molecule is C=C(C)C[C@]1(C(=O)OCC)C(=O)Oc2ccc3ccccc3c2N1C. The summed E-state index contributed by atoms with van der Waals surface area (Å²) in [4.78, 5) is 27.4. The maximum absolute atomic E-state index is 12.9. The van der Waals surface area contributed by atoms with E-state index in [-0.39, 0.29) is 13.0 Å². The molecule has 0 unspecified atom stereocenters. The summed E-state index contributed by atoms with van der Waals surface area (Å²) in [5, 5.41) is 1.91. The van der Waals surface area contributed by atoms with Crippen LogP contribution in [0, 0.1) is 0 Å². The van der Waals surface area contributed by atoms with Crippen molar-refractivity contribution in [2.45, 2.75) is 25.8 Å². The fourth-order valence-electron chi connectivity index (χ4n) is 3.35. The number of hydrogen-bond acceptors (Lipinski definition) is 5. The number of nitrogens with zero attached hydrogens (tertiary/aromatic N) is 1. The molecule has 0 spiro atoms. The van der Waals surface area contributed by atoms with E-state index < -0.39 is 17.5 Å². The van der Waals surface area contributed by atoms with Crippen LogP contribution in [0.2, 0.25) is 0 Å². The fraction of sp³-hybridized carbons (Fsp3) is 0.300. The highest BCUT2D eigenvalue weighted by Crippen LogP contribution is 2.45. The Morgan fingerprint density at radius 3 is 2.68 bits per heavy atom. The first-order chi connectivity index (χ1) is 11.9. The van der Waals surface area contributed by atoms with E-state index in [0.29, 0.717) is 17.0 Å². The Morgan fingerprint density at radius 2 is 2.00 bits per heavy atom. The Bertz CT molecular complexity index is 873. The van der Waals surface area contributed by atoms with E-state index in [0.717, 1.165) is 10.8 Å². The molecule has 1 atom stereocenters. The molecular weight excluding hydrogens is 318 g/mol. The first-order valence-corrected chi connectivity index (χ1v) is 8.21. The highest BCUT2D eigenvalue weighted by Gasteiger charge is 2.56. The van der Waals surface area contributed by atoms with Crippen molar-refractivity contribution in [3.05, 3.63) is 48.6 Å². The van der Waals surface area contributed by atoms with Crippen LogP contribution >= 0.6 is 0 Å². The number of ether oxygens (including phenoxy) is 2. The van der Waals surface area contributed by atoms with Gasteiger partial charge in [-0.3, -0.25) is 0 Å². The van der Waals surface area contributed by atoms with Gasteiger partial charge in [-0.15, -0.1) is 6.58 Å². The van der Waals surface area contributed by atoms with Gasteiger partial charge in [-0.2, -0.15) is 0 Å². The molecule has 0 fully saturated rings. The van der Waals surface area contributed by atoms with Crippen molar-refractivity contribution >= 4 is 28.4 Å². The third-order valence-corrected chi connectivity index (χ3v) is 4.48. The minimum Gasteiger partial charge on any atom is -0.464 e. The molecule has 2 aromatic rings. The monoisotopic (exact) mass is 339 g/mol. The van der Waals surface area contributed by atoms with Crippen molar-refractivity contribution in [2.24, 2.45) is 0 Å². The molecule has 2 aromatic carbocycles. The maximum atomic E-state index is 12.9. The molecule has 1 aliphatic heterocycles. The minimum absolute atomic E-state index is 0.129. The van der Waals surface area contributed by atoms with Crippen molar-refractivity contribution in [1.82, 2.24) is 0 Å². The Hall–Kier alpha value is -2.82. The van der Waals surface area contributed by atoms with Gasteiger partial charge in [0.1, 0.15) is 0 Å². The van der Waals surface area contributed by atoms with Crippen molar-refractivity contribution in [3.8, 4) is 5.75 Å². The van der Waals surface area contributed by atoms with E-state index in [9.17, 15) is 9.59 Å². The fourth-order valence-corrected chi connectivity index (χ4v) is 3.35. The quantitative estimate of drug-likeness (QED) is 0.369. The lowest BCUT2D eigenvalue weighted by Gasteiger charge is -2.43. The number of fused-ring (bicyclic) bond motifs is 3. The standard InChI is InChI=1S/C20H21NO4/c1-5-24-18(22)20(12-13(2)3)19(23)25-16-11-10-14-8-6-7-9-15(14)17(16)21(20)4/h6-11H,2,5,12H2,1,3-4H3/t20-/m0/s1. The van der Waals surface area contributed by atoms with E-state index in [4.69, 9.17) is 9.47 Å². The molecule has 130 valence electrons. The van der Waals surface area contributed by atoms with Gasteiger partial charge in [0.2, 0.25) is 5.54 Å². The molecule has 0 N–H and O–H groups in total. The number of rotatable bonds is 4. The molecule has 1 aliphatic rings.